The summed E-state index contributed by atoms with van der Waals surface area (Å²) in [6.07, 6.45) is -0.0452. The second-order valence-electron chi connectivity index (χ2n) is 5.19. The molecule has 0 radical (unpaired) electrons. The Morgan fingerprint density at radius 3 is 2.77 bits per heavy atom. The molecule has 1 aliphatic heterocycles. The number of aromatic nitrogens is 1. The van der Waals surface area contributed by atoms with Gasteiger partial charge in [-0.15, -0.1) is 0 Å². The van der Waals surface area contributed by atoms with E-state index in [1.165, 1.54) is 0 Å². The fourth-order valence-electron chi connectivity index (χ4n) is 2.26. The highest BCUT2D eigenvalue weighted by Crippen LogP contribution is 2.25. The van der Waals surface area contributed by atoms with Crippen LogP contribution in [0, 0.1) is 6.92 Å². The Morgan fingerprint density at radius 1 is 1.27 bits per heavy atom. The zero-order valence-electron chi connectivity index (χ0n) is 11.9. The van der Waals surface area contributed by atoms with Crippen LogP contribution in [0.2, 0.25) is 10.0 Å². The number of ether oxygens (including phenoxy) is 1. The van der Waals surface area contributed by atoms with Gasteiger partial charge in [0.2, 0.25) is 5.88 Å². The molecule has 1 saturated heterocycles. The topological polar surface area (TPSA) is 42.4 Å². The first-order valence-electron chi connectivity index (χ1n) is 6.87. The summed E-state index contributed by atoms with van der Waals surface area (Å²) < 4.78 is 5.74. The highest BCUT2D eigenvalue weighted by molar-refractivity contribution is 6.35. The number of halogens is 2. The lowest BCUT2D eigenvalue weighted by molar-refractivity contribution is 0.0159. The van der Waals surface area contributed by atoms with Crippen molar-refractivity contribution in [3.8, 4) is 5.88 Å². The number of hydrogen-bond acceptors (Lipinski definition) is 3. The van der Waals surface area contributed by atoms with E-state index < -0.39 is 0 Å². The average molecular weight is 337 g/mol. The van der Waals surface area contributed by atoms with E-state index in [9.17, 15) is 4.79 Å². The van der Waals surface area contributed by atoms with Gasteiger partial charge in [-0.1, -0.05) is 29.3 Å². The standard InChI is InChI=1S/C16H14Cl2N2O2/c1-10-3-2-4-15(19-10)22-12-8-20(9-12)16(21)13-7-11(17)5-6-14(13)18/h2-7,12H,8-9H2,1H3. The minimum absolute atomic E-state index is 0.0452. The predicted molar refractivity (Wildman–Crippen MR) is 85.8 cm³/mol. The zero-order chi connectivity index (χ0) is 15.7. The lowest BCUT2D eigenvalue weighted by atomic mass is 10.1. The van der Waals surface area contributed by atoms with Gasteiger partial charge >= 0.3 is 0 Å². The van der Waals surface area contributed by atoms with Gasteiger partial charge < -0.3 is 9.64 Å². The number of amides is 1. The van der Waals surface area contributed by atoms with Crippen molar-refractivity contribution >= 4 is 29.1 Å². The Labute approximate surface area is 138 Å². The molecule has 2 aromatic rings. The molecule has 3 rings (SSSR count). The molecule has 2 heterocycles. The van der Waals surface area contributed by atoms with Gasteiger partial charge in [0.05, 0.1) is 23.7 Å². The van der Waals surface area contributed by atoms with E-state index >= 15 is 0 Å². The van der Waals surface area contributed by atoms with Crippen molar-refractivity contribution in [3.63, 3.8) is 0 Å². The van der Waals surface area contributed by atoms with E-state index in [4.69, 9.17) is 27.9 Å². The van der Waals surface area contributed by atoms with Crippen molar-refractivity contribution in [2.75, 3.05) is 13.1 Å². The van der Waals surface area contributed by atoms with E-state index in [-0.39, 0.29) is 12.0 Å². The number of carbonyl (C=O) groups is 1. The van der Waals surface area contributed by atoms with Crippen LogP contribution in [0.3, 0.4) is 0 Å². The highest BCUT2D eigenvalue weighted by atomic mass is 35.5. The van der Waals surface area contributed by atoms with E-state index in [0.717, 1.165) is 5.69 Å². The summed E-state index contributed by atoms with van der Waals surface area (Å²) in [4.78, 5) is 18.3. The van der Waals surface area contributed by atoms with Gasteiger partial charge in [-0.2, -0.15) is 0 Å². The zero-order valence-corrected chi connectivity index (χ0v) is 13.4. The van der Waals surface area contributed by atoms with Crippen molar-refractivity contribution in [1.82, 2.24) is 9.88 Å². The lowest BCUT2D eigenvalue weighted by Gasteiger charge is -2.38. The van der Waals surface area contributed by atoms with Gasteiger partial charge in [0, 0.05) is 16.8 Å². The molecule has 0 unspecified atom stereocenters. The van der Waals surface area contributed by atoms with Crippen molar-refractivity contribution in [3.05, 3.63) is 57.7 Å². The van der Waals surface area contributed by atoms with Crippen LogP contribution in [-0.4, -0.2) is 35.0 Å². The molecule has 22 heavy (non-hydrogen) atoms. The van der Waals surface area contributed by atoms with Gasteiger partial charge in [0.15, 0.2) is 0 Å². The molecule has 0 N–H and O–H groups in total. The number of likely N-dealkylation sites (tertiary alicyclic amines) is 1. The first kappa shape index (κ1) is 15.1. The number of pyridine rings is 1. The van der Waals surface area contributed by atoms with Crippen LogP contribution in [0.15, 0.2) is 36.4 Å². The van der Waals surface area contributed by atoms with Crippen LogP contribution < -0.4 is 4.74 Å². The van der Waals surface area contributed by atoms with Gasteiger partial charge in [0.25, 0.3) is 5.91 Å². The number of hydrogen-bond donors (Lipinski definition) is 0. The molecule has 0 spiro atoms. The Hall–Kier alpha value is -1.78. The molecule has 0 bridgehead atoms. The van der Waals surface area contributed by atoms with Crippen LogP contribution in [0.25, 0.3) is 0 Å². The molecule has 6 heteroatoms. The minimum Gasteiger partial charge on any atom is -0.471 e. The van der Waals surface area contributed by atoms with Gasteiger partial charge in [-0.05, 0) is 31.2 Å². The third-order valence-electron chi connectivity index (χ3n) is 3.44. The van der Waals surface area contributed by atoms with E-state index in [2.05, 4.69) is 4.98 Å². The monoisotopic (exact) mass is 336 g/mol. The lowest BCUT2D eigenvalue weighted by Crippen LogP contribution is -2.56. The van der Waals surface area contributed by atoms with E-state index in [1.54, 1.807) is 23.1 Å². The summed E-state index contributed by atoms with van der Waals surface area (Å²) in [5.74, 6) is 0.447. The summed E-state index contributed by atoms with van der Waals surface area (Å²) in [6.45, 7) is 2.93. The number of aryl methyl sites for hydroxylation is 1. The predicted octanol–water partition coefficient (Wildman–Crippen LogP) is 3.60. The van der Waals surface area contributed by atoms with Crippen LogP contribution in [0.4, 0.5) is 0 Å². The maximum atomic E-state index is 12.4. The average Bonchev–Trinajstić information content (AvgIpc) is 2.44. The first-order chi connectivity index (χ1) is 10.5. The largest absolute Gasteiger partial charge is 0.471 e. The molecule has 0 saturated carbocycles. The van der Waals surface area contributed by atoms with Crippen LogP contribution in [0.5, 0.6) is 5.88 Å². The van der Waals surface area contributed by atoms with E-state index in [0.29, 0.717) is 34.6 Å². The molecule has 114 valence electrons. The molecule has 0 atom stereocenters. The van der Waals surface area contributed by atoms with Crippen molar-refractivity contribution in [2.45, 2.75) is 13.0 Å². The number of nitrogens with zero attached hydrogens (tertiary/aromatic N) is 2. The third-order valence-corrected chi connectivity index (χ3v) is 4.01. The quantitative estimate of drug-likeness (QED) is 0.859. The summed E-state index contributed by atoms with van der Waals surface area (Å²) in [6, 6.07) is 10.5. The summed E-state index contributed by atoms with van der Waals surface area (Å²) in [5, 5.41) is 0.893. The van der Waals surface area contributed by atoms with Crippen molar-refractivity contribution in [1.29, 1.82) is 0 Å². The van der Waals surface area contributed by atoms with Gasteiger partial charge in [0.1, 0.15) is 6.10 Å². The fourth-order valence-corrected chi connectivity index (χ4v) is 2.64. The van der Waals surface area contributed by atoms with Crippen LogP contribution in [-0.2, 0) is 0 Å². The Balaban J connectivity index is 1.61. The smallest absolute Gasteiger partial charge is 0.255 e. The molecule has 1 aromatic heterocycles. The van der Waals surface area contributed by atoms with Gasteiger partial charge in [-0.3, -0.25) is 4.79 Å². The molecule has 1 aromatic carbocycles. The molecular formula is C16H14Cl2N2O2. The van der Waals surface area contributed by atoms with Crippen LogP contribution >= 0.6 is 23.2 Å². The Bertz CT molecular complexity index is 715. The van der Waals surface area contributed by atoms with Gasteiger partial charge in [-0.25, -0.2) is 4.98 Å². The SMILES string of the molecule is Cc1cccc(OC2CN(C(=O)c3cc(Cl)ccc3Cl)C2)n1. The second-order valence-corrected chi connectivity index (χ2v) is 6.04. The summed E-state index contributed by atoms with van der Waals surface area (Å²) in [7, 11) is 0. The normalized spacial score (nSPS) is 14.6. The number of benzene rings is 1. The number of rotatable bonds is 3. The molecule has 1 fully saturated rings. The van der Waals surface area contributed by atoms with Crippen molar-refractivity contribution < 1.29 is 9.53 Å². The fraction of sp³-hybridized carbons (Fsp3) is 0.250. The molecular weight excluding hydrogens is 323 g/mol. The van der Waals surface area contributed by atoms with E-state index in [1.807, 2.05) is 25.1 Å². The molecule has 1 amide bonds. The first-order valence-corrected chi connectivity index (χ1v) is 7.63. The van der Waals surface area contributed by atoms with Crippen molar-refractivity contribution in [2.24, 2.45) is 0 Å². The minimum atomic E-state index is -0.135. The Morgan fingerprint density at radius 2 is 2.05 bits per heavy atom. The molecule has 0 aliphatic carbocycles. The maximum absolute atomic E-state index is 12.4. The molecule has 1 aliphatic rings. The third kappa shape index (κ3) is 3.18. The highest BCUT2D eigenvalue weighted by Gasteiger charge is 2.33. The molecule has 4 nitrogen and oxygen atoms in total. The summed E-state index contributed by atoms with van der Waals surface area (Å²) >= 11 is 12.0. The summed E-state index contributed by atoms with van der Waals surface area (Å²) in [5.41, 5.74) is 1.32. The van der Waals surface area contributed by atoms with Crippen LogP contribution in [0.1, 0.15) is 16.1 Å². The Kier molecular flexibility index (Phi) is 4.23. The maximum Gasteiger partial charge on any atom is 0.255 e. The number of carbonyl (C=O) groups excluding carboxylic acids is 1. The second kappa shape index (κ2) is 6.15.